The SMILES string of the molecule is Cc1ccn2nc(NC3(CO)CCOCC3)nc2c1. The molecule has 1 aliphatic heterocycles. The van der Waals surface area contributed by atoms with E-state index in [1.807, 2.05) is 25.3 Å². The first-order valence-electron chi connectivity index (χ1n) is 6.51. The molecule has 2 aromatic heterocycles. The summed E-state index contributed by atoms with van der Waals surface area (Å²) in [6, 6.07) is 3.97. The quantitative estimate of drug-likeness (QED) is 0.863. The molecule has 3 heterocycles. The Hall–Kier alpha value is -1.66. The van der Waals surface area contributed by atoms with Crippen LogP contribution in [0, 0.1) is 6.92 Å². The van der Waals surface area contributed by atoms with Crippen LogP contribution in [-0.4, -0.2) is 45.1 Å². The van der Waals surface area contributed by atoms with Crippen molar-refractivity contribution in [3.8, 4) is 0 Å². The maximum absolute atomic E-state index is 9.64. The molecule has 2 N–H and O–H groups in total. The second-order valence-electron chi connectivity index (χ2n) is 5.12. The molecule has 3 rings (SSSR count). The number of ether oxygens (including phenoxy) is 1. The summed E-state index contributed by atoms with van der Waals surface area (Å²) in [6.45, 7) is 3.39. The largest absolute Gasteiger partial charge is 0.394 e. The van der Waals surface area contributed by atoms with Gasteiger partial charge in [0, 0.05) is 19.4 Å². The fourth-order valence-corrected chi connectivity index (χ4v) is 2.36. The van der Waals surface area contributed by atoms with Gasteiger partial charge in [-0.05, 0) is 37.5 Å². The van der Waals surface area contributed by atoms with Crippen molar-refractivity contribution in [2.75, 3.05) is 25.1 Å². The average Bonchev–Trinajstić information content (AvgIpc) is 2.81. The van der Waals surface area contributed by atoms with Crippen LogP contribution in [0.5, 0.6) is 0 Å². The lowest BCUT2D eigenvalue weighted by atomic mass is 9.91. The number of fused-ring (bicyclic) bond motifs is 1. The molecular weight excluding hydrogens is 244 g/mol. The zero-order valence-electron chi connectivity index (χ0n) is 11.0. The van der Waals surface area contributed by atoms with Crippen molar-refractivity contribution in [2.24, 2.45) is 0 Å². The molecule has 0 radical (unpaired) electrons. The van der Waals surface area contributed by atoms with Crippen molar-refractivity contribution < 1.29 is 9.84 Å². The van der Waals surface area contributed by atoms with Gasteiger partial charge < -0.3 is 15.2 Å². The van der Waals surface area contributed by atoms with E-state index in [0.29, 0.717) is 19.2 Å². The van der Waals surface area contributed by atoms with Gasteiger partial charge in [0.25, 0.3) is 0 Å². The molecule has 1 saturated heterocycles. The van der Waals surface area contributed by atoms with Crippen molar-refractivity contribution in [1.82, 2.24) is 14.6 Å². The highest BCUT2D eigenvalue weighted by Crippen LogP contribution is 2.24. The number of aliphatic hydroxyl groups is 1. The third-order valence-electron chi connectivity index (χ3n) is 3.62. The molecule has 2 aromatic rings. The molecule has 0 aliphatic carbocycles. The summed E-state index contributed by atoms with van der Waals surface area (Å²) < 4.78 is 7.08. The summed E-state index contributed by atoms with van der Waals surface area (Å²) >= 11 is 0. The molecule has 0 amide bonds. The van der Waals surface area contributed by atoms with Crippen molar-refractivity contribution in [3.05, 3.63) is 23.9 Å². The third kappa shape index (κ3) is 2.41. The van der Waals surface area contributed by atoms with E-state index >= 15 is 0 Å². The van der Waals surface area contributed by atoms with E-state index < -0.39 is 0 Å². The molecule has 19 heavy (non-hydrogen) atoms. The molecule has 1 fully saturated rings. The van der Waals surface area contributed by atoms with E-state index in [0.717, 1.165) is 24.1 Å². The molecule has 1 aliphatic rings. The van der Waals surface area contributed by atoms with Gasteiger partial charge in [0.15, 0.2) is 5.65 Å². The van der Waals surface area contributed by atoms with Gasteiger partial charge >= 0.3 is 0 Å². The first-order valence-corrected chi connectivity index (χ1v) is 6.51. The first kappa shape index (κ1) is 12.4. The normalized spacial score (nSPS) is 18.6. The molecule has 0 aromatic carbocycles. The van der Waals surface area contributed by atoms with Gasteiger partial charge in [0.2, 0.25) is 5.95 Å². The highest BCUT2D eigenvalue weighted by atomic mass is 16.5. The Morgan fingerprint density at radius 3 is 3.00 bits per heavy atom. The van der Waals surface area contributed by atoms with Crippen molar-refractivity contribution in [3.63, 3.8) is 0 Å². The van der Waals surface area contributed by atoms with Crippen molar-refractivity contribution in [2.45, 2.75) is 25.3 Å². The first-order chi connectivity index (χ1) is 9.21. The Bertz CT molecular complexity index is 575. The summed E-state index contributed by atoms with van der Waals surface area (Å²) in [5.74, 6) is 0.557. The highest BCUT2D eigenvalue weighted by Gasteiger charge is 2.32. The summed E-state index contributed by atoms with van der Waals surface area (Å²) in [7, 11) is 0. The summed E-state index contributed by atoms with van der Waals surface area (Å²) in [5, 5.41) is 17.3. The highest BCUT2D eigenvalue weighted by molar-refractivity contribution is 5.46. The molecule has 6 heteroatoms. The number of aromatic nitrogens is 3. The average molecular weight is 262 g/mol. The lowest BCUT2D eigenvalue weighted by Crippen LogP contribution is -2.47. The minimum absolute atomic E-state index is 0.0605. The molecule has 102 valence electrons. The molecule has 6 nitrogen and oxygen atoms in total. The van der Waals surface area contributed by atoms with Crippen molar-refractivity contribution >= 4 is 11.6 Å². The molecular formula is C13H18N4O2. The number of nitrogens with zero attached hydrogens (tertiary/aromatic N) is 3. The smallest absolute Gasteiger partial charge is 0.243 e. The van der Waals surface area contributed by atoms with Crippen LogP contribution >= 0.6 is 0 Å². The number of aryl methyl sites for hydroxylation is 1. The molecule has 0 unspecified atom stereocenters. The molecule has 0 spiro atoms. The minimum atomic E-state index is -0.363. The summed E-state index contributed by atoms with van der Waals surface area (Å²) in [5.41, 5.74) is 1.59. The number of nitrogens with one attached hydrogen (secondary N) is 1. The second kappa shape index (κ2) is 4.79. The van der Waals surface area contributed by atoms with Gasteiger partial charge in [-0.25, -0.2) is 4.52 Å². The number of pyridine rings is 1. The Labute approximate surface area is 111 Å². The Morgan fingerprint density at radius 1 is 1.47 bits per heavy atom. The predicted octanol–water partition coefficient (Wildman–Crippen LogP) is 0.991. The predicted molar refractivity (Wildman–Crippen MR) is 71.2 cm³/mol. The fourth-order valence-electron chi connectivity index (χ4n) is 2.36. The van der Waals surface area contributed by atoms with E-state index in [1.54, 1.807) is 4.52 Å². The zero-order valence-corrected chi connectivity index (χ0v) is 11.0. The van der Waals surface area contributed by atoms with Crippen LogP contribution in [0.4, 0.5) is 5.95 Å². The van der Waals surface area contributed by atoms with Crippen molar-refractivity contribution in [1.29, 1.82) is 0 Å². The molecule has 0 saturated carbocycles. The van der Waals surface area contributed by atoms with Gasteiger partial charge in [-0.3, -0.25) is 0 Å². The lowest BCUT2D eigenvalue weighted by Gasteiger charge is -2.35. The monoisotopic (exact) mass is 262 g/mol. The van der Waals surface area contributed by atoms with Gasteiger partial charge in [-0.15, -0.1) is 5.10 Å². The Kier molecular flexibility index (Phi) is 3.12. The lowest BCUT2D eigenvalue weighted by molar-refractivity contribution is 0.0377. The van der Waals surface area contributed by atoms with Crippen LogP contribution in [-0.2, 0) is 4.74 Å². The van der Waals surface area contributed by atoms with Gasteiger partial charge in [-0.1, -0.05) is 0 Å². The second-order valence-corrected chi connectivity index (χ2v) is 5.12. The third-order valence-corrected chi connectivity index (χ3v) is 3.62. The van der Waals surface area contributed by atoms with Crippen LogP contribution in [0.15, 0.2) is 18.3 Å². The minimum Gasteiger partial charge on any atom is -0.394 e. The van der Waals surface area contributed by atoms with E-state index in [4.69, 9.17) is 4.74 Å². The standard InChI is InChI=1S/C13H18N4O2/c1-10-2-5-17-11(8-10)14-12(16-17)15-13(9-18)3-6-19-7-4-13/h2,5,8,18H,3-4,6-7,9H2,1H3,(H,15,16). The van der Waals surface area contributed by atoms with E-state index in [1.165, 1.54) is 0 Å². The maximum Gasteiger partial charge on any atom is 0.243 e. The number of aliphatic hydroxyl groups excluding tert-OH is 1. The maximum atomic E-state index is 9.64. The van der Waals surface area contributed by atoms with Gasteiger partial charge in [0.05, 0.1) is 12.1 Å². The zero-order chi connectivity index (χ0) is 13.3. The van der Waals surface area contributed by atoms with E-state index in [-0.39, 0.29) is 12.1 Å². The Balaban J connectivity index is 1.87. The Morgan fingerprint density at radius 2 is 2.26 bits per heavy atom. The molecule has 0 atom stereocenters. The number of rotatable bonds is 3. The number of hydrogen-bond acceptors (Lipinski definition) is 5. The van der Waals surface area contributed by atoms with Gasteiger partial charge in [-0.2, -0.15) is 4.98 Å². The van der Waals surface area contributed by atoms with Crippen LogP contribution < -0.4 is 5.32 Å². The number of hydrogen-bond donors (Lipinski definition) is 2. The summed E-state index contributed by atoms with van der Waals surface area (Å²) in [6.07, 6.45) is 3.41. The number of anilines is 1. The van der Waals surface area contributed by atoms with E-state index in [2.05, 4.69) is 15.4 Å². The van der Waals surface area contributed by atoms with E-state index in [9.17, 15) is 5.11 Å². The van der Waals surface area contributed by atoms with Gasteiger partial charge in [0.1, 0.15) is 0 Å². The topological polar surface area (TPSA) is 71.7 Å². The van der Waals surface area contributed by atoms with Crippen LogP contribution in [0.1, 0.15) is 18.4 Å². The van der Waals surface area contributed by atoms with Crippen LogP contribution in [0.2, 0.25) is 0 Å². The summed E-state index contributed by atoms with van der Waals surface area (Å²) in [4.78, 5) is 4.45. The fraction of sp³-hybridized carbons (Fsp3) is 0.538. The molecule has 0 bridgehead atoms. The van der Waals surface area contributed by atoms with Crippen LogP contribution in [0.25, 0.3) is 5.65 Å². The van der Waals surface area contributed by atoms with Crippen LogP contribution in [0.3, 0.4) is 0 Å².